The molecular weight excluding hydrogens is 436 g/mol. The van der Waals surface area contributed by atoms with Crippen LogP contribution < -0.4 is 14.8 Å². The molecule has 8 heteroatoms. The molecule has 2 N–H and O–H groups in total. The molecule has 0 fully saturated rings. The van der Waals surface area contributed by atoms with Crippen LogP contribution in [0.5, 0.6) is 5.75 Å². The van der Waals surface area contributed by atoms with Gasteiger partial charge >= 0.3 is 0 Å². The van der Waals surface area contributed by atoms with E-state index in [4.69, 9.17) is 16.3 Å². The number of benzene rings is 3. The Morgan fingerprint density at radius 1 is 0.968 bits per heavy atom. The Balaban J connectivity index is 1.61. The number of amides is 1. The number of para-hydroxylation sites is 2. The number of nitrogens with one attached hydrogen (secondary N) is 2. The van der Waals surface area contributed by atoms with Crippen molar-refractivity contribution < 1.29 is 17.9 Å². The zero-order chi connectivity index (χ0) is 22.3. The van der Waals surface area contributed by atoms with E-state index in [9.17, 15) is 13.2 Å². The van der Waals surface area contributed by atoms with Crippen LogP contribution in [0.1, 0.15) is 12.5 Å². The van der Waals surface area contributed by atoms with E-state index < -0.39 is 22.0 Å². The van der Waals surface area contributed by atoms with Gasteiger partial charge in [0.1, 0.15) is 5.75 Å². The number of hydrogen-bond acceptors (Lipinski definition) is 4. The summed E-state index contributed by atoms with van der Waals surface area (Å²) in [5.74, 6) is 0.0104. The highest BCUT2D eigenvalue weighted by Crippen LogP contribution is 2.24. The Hall–Kier alpha value is -2.87. The van der Waals surface area contributed by atoms with Gasteiger partial charge in [-0.3, -0.25) is 4.79 Å². The summed E-state index contributed by atoms with van der Waals surface area (Å²) < 4.78 is 33.2. The van der Waals surface area contributed by atoms with Crippen molar-refractivity contribution in [1.29, 1.82) is 0 Å². The number of ether oxygens (including phenoxy) is 1. The number of sulfonamides is 1. The molecular formula is C23H23ClN2O4S. The van der Waals surface area contributed by atoms with Crippen LogP contribution in [0.3, 0.4) is 0 Å². The van der Waals surface area contributed by atoms with E-state index in [2.05, 4.69) is 10.0 Å². The summed E-state index contributed by atoms with van der Waals surface area (Å²) in [6.45, 7) is 1.91. The van der Waals surface area contributed by atoms with Crippen LogP contribution >= 0.6 is 11.6 Å². The minimum Gasteiger partial charge on any atom is -0.491 e. The van der Waals surface area contributed by atoms with Crippen LogP contribution in [0, 0.1) is 0 Å². The predicted molar refractivity (Wildman–Crippen MR) is 122 cm³/mol. The molecule has 0 saturated heterocycles. The maximum absolute atomic E-state index is 12.6. The molecule has 0 bridgehead atoms. The quantitative estimate of drug-likeness (QED) is 0.501. The molecule has 31 heavy (non-hydrogen) atoms. The molecule has 1 amide bonds. The smallest absolute Gasteiger partial charge is 0.242 e. The zero-order valence-electron chi connectivity index (χ0n) is 16.9. The maximum Gasteiger partial charge on any atom is 0.242 e. The van der Waals surface area contributed by atoms with Gasteiger partial charge in [-0.05, 0) is 48.9 Å². The van der Waals surface area contributed by atoms with Crippen molar-refractivity contribution in [3.8, 4) is 5.75 Å². The Bertz CT molecular complexity index is 1120. The molecule has 3 aromatic rings. The zero-order valence-corrected chi connectivity index (χ0v) is 18.5. The molecule has 0 spiro atoms. The summed E-state index contributed by atoms with van der Waals surface area (Å²) in [6.07, 6.45) is 0.723. The summed E-state index contributed by atoms with van der Waals surface area (Å²) in [4.78, 5) is 12.6. The van der Waals surface area contributed by atoms with Crippen molar-refractivity contribution in [1.82, 2.24) is 4.72 Å². The molecule has 3 rings (SSSR count). The maximum atomic E-state index is 12.6. The van der Waals surface area contributed by atoms with Gasteiger partial charge in [0, 0.05) is 11.4 Å². The number of rotatable bonds is 9. The number of carbonyl (C=O) groups excluding carboxylic acids is 1. The van der Waals surface area contributed by atoms with Crippen molar-refractivity contribution >= 4 is 33.2 Å². The Kier molecular flexibility index (Phi) is 7.68. The van der Waals surface area contributed by atoms with Crippen molar-refractivity contribution in [2.45, 2.75) is 24.3 Å². The third kappa shape index (κ3) is 6.55. The van der Waals surface area contributed by atoms with Gasteiger partial charge in [0.15, 0.2) is 0 Å². The van der Waals surface area contributed by atoms with Crippen LogP contribution in [-0.4, -0.2) is 27.0 Å². The van der Waals surface area contributed by atoms with Crippen LogP contribution in [0.15, 0.2) is 83.8 Å². The van der Waals surface area contributed by atoms with Gasteiger partial charge in [-0.25, -0.2) is 8.42 Å². The Morgan fingerprint density at radius 2 is 1.61 bits per heavy atom. The number of hydrogen-bond donors (Lipinski definition) is 2. The van der Waals surface area contributed by atoms with Crippen LogP contribution in [0.4, 0.5) is 5.69 Å². The topological polar surface area (TPSA) is 84.5 Å². The fraction of sp³-hybridized carbons (Fsp3) is 0.174. The lowest BCUT2D eigenvalue weighted by Crippen LogP contribution is -2.41. The first-order valence-electron chi connectivity index (χ1n) is 9.70. The second-order valence-corrected chi connectivity index (χ2v) is 9.02. The summed E-state index contributed by atoms with van der Waals surface area (Å²) in [7, 11) is -3.87. The van der Waals surface area contributed by atoms with Gasteiger partial charge in [0.05, 0.1) is 23.2 Å². The number of carbonyl (C=O) groups is 1. The molecule has 0 heterocycles. The number of anilines is 1. The molecule has 3 aromatic carbocycles. The average Bonchev–Trinajstić information content (AvgIpc) is 2.75. The minimum absolute atomic E-state index is 0.0289. The third-order valence-electron chi connectivity index (χ3n) is 4.49. The monoisotopic (exact) mass is 458 g/mol. The van der Waals surface area contributed by atoms with E-state index in [1.807, 2.05) is 30.3 Å². The molecule has 0 aliphatic heterocycles. The molecule has 0 aliphatic rings. The summed E-state index contributed by atoms with van der Waals surface area (Å²) in [5.41, 5.74) is 1.62. The summed E-state index contributed by atoms with van der Waals surface area (Å²) in [5, 5.41) is 3.15. The van der Waals surface area contributed by atoms with Gasteiger partial charge in [0.2, 0.25) is 15.9 Å². The first-order chi connectivity index (χ1) is 14.8. The highest BCUT2D eigenvalue weighted by Gasteiger charge is 2.22. The van der Waals surface area contributed by atoms with E-state index in [-0.39, 0.29) is 4.90 Å². The molecule has 0 unspecified atom stereocenters. The molecule has 162 valence electrons. The van der Waals surface area contributed by atoms with E-state index in [0.29, 0.717) is 23.1 Å². The third-order valence-corrected chi connectivity index (χ3v) is 6.29. The van der Waals surface area contributed by atoms with Crippen LogP contribution in [0.2, 0.25) is 5.02 Å². The van der Waals surface area contributed by atoms with E-state index in [1.54, 1.807) is 24.3 Å². The van der Waals surface area contributed by atoms with E-state index in [1.165, 1.54) is 31.2 Å². The number of halogens is 1. The summed E-state index contributed by atoms with van der Waals surface area (Å²) in [6, 6.07) is 21.7. The SMILES string of the molecule is C[C@H](NS(=O)(=O)c1ccc(Cl)cc1)C(=O)Nc1ccccc1OCCc1ccccc1. The minimum atomic E-state index is -3.87. The van der Waals surface area contributed by atoms with E-state index >= 15 is 0 Å². The lowest BCUT2D eigenvalue weighted by Gasteiger charge is -2.17. The molecule has 6 nitrogen and oxygen atoms in total. The first-order valence-corrected chi connectivity index (χ1v) is 11.6. The van der Waals surface area contributed by atoms with Crippen molar-refractivity contribution in [3.63, 3.8) is 0 Å². The second kappa shape index (κ2) is 10.4. The fourth-order valence-electron chi connectivity index (χ4n) is 2.83. The lowest BCUT2D eigenvalue weighted by molar-refractivity contribution is -0.117. The van der Waals surface area contributed by atoms with Gasteiger partial charge in [-0.1, -0.05) is 54.1 Å². The van der Waals surface area contributed by atoms with Gasteiger partial charge in [-0.15, -0.1) is 0 Å². The molecule has 0 saturated carbocycles. The van der Waals surface area contributed by atoms with Crippen molar-refractivity contribution in [2.75, 3.05) is 11.9 Å². The molecule has 0 aliphatic carbocycles. The van der Waals surface area contributed by atoms with E-state index in [0.717, 1.165) is 12.0 Å². The predicted octanol–water partition coefficient (Wildman–Crippen LogP) is 4.27. The average molecular weight is 459 g/mol. The van der Waals surface area contributed by atoms with Crippen LogP contribution in [-0.2, 0) is 21.2 Å². The molecule has 1 atom stereocenters. The second-order valence-electron chi connectivity index (χ2n) is 6.87. The van der Waals surface area contributed by atoms with Crippen molar-refractivity contribution in [2.24, 2.45) is 0 Å². The normalized spacial score (nSPS) is 12.2. The largest absolute Gasteiger partial charge is 0.491 e. The highest BCUT2D eigenvalue weighted by atomic mass is 35.5. The molecule has 0 aromatic heterocycles. The molecule has 0 radical (unpaired) electrons. The van der Waals surface area contributed by atoms with Crippen LogP contribution in [0.25, 0.3) is 0 Å². The standard InChI is InChI=1S/C23H23ClN2O4S/c1-17(26-31(28,29)20-13-11-19(24)12-14-20)23(27)25-21-9-5-6-10-22(21)30-16-15-18-7-3-2-4-8-18/h2-14,17,26H,15-16H2,1H3,(H,25,27)/t17-/m0/s1. The fourth-order valence-corrected chi connectivity index (χ4v) is 4.16. The van der Waals surface area contributed by atoms with Gasteiger partial charge in [0.25, 0.3) is 0 Å². The Labute approximate surface area is 187 Å². The Morgan fingerprint density at radius 3 is 2.32 bits per heavy atom. The lowest BCUT2D eigenvalue weighted by atomic mass is 10.2. The first kappa shape index (κ1) is 22.8. The van der Waals surface area contributed by atoms with Crippen molar-refractivity contribution in [3.05, 3.63) is 89.4 Å². The van der Waals surface area contributed by atoms with Gasteiger partial charge in [-0.2, -0.15) is 4.72 Å². The summed E-state index contributed by atoms with van der Waals surface area (Å²) >= 11 is 5.80. The van der Waals surface area contributed by atoms with Gasteiger partial charge < -0.3 is 10.1 Å². The highest BCUT2D eigenvalue weighted by molar-refractivity contribution is 7.89.